The van der Waals surface area contributed by atoms with Gasteiger partial charge in [0.2, 0.25) is 0 Å². The lowest BCUT2D eigenvalue weighted by molar-refractivity contribution is 0.0693. The van der Waals surface area contributed by atoms with E-state index in [0.29, 0.717) is 36.8 Å². The summed E-state index contributed by atoms with van der Waals surface area (Å²) in [4.78, 5) is 24.1. The number of rotatable bonds is 8. The summed E-state index contributed by atoms with van der Waals surface area (Å²) in [7, 11) is 1.59. The van der Waals surface area contributed by atoms with Gasteiger partial charge in [-0.05, 0) is 55.3 Å². The van der Waals surface area contributed by atoms with Gasteiger partial charge in [-0.25, -0.2) is 4.79 Å². The first-order valence-corrected chi connectivity index (χ1v) is 10.7. The number of carbonyl (C=O) groups is 1. The molecule has 1 atom stereocenters. The summed E-state index contributed by atoms with van der Waals surface area (Å²) in [5, 5.41) is 9.45. The first kappa shape index (κ1) is 22.9. The second-order valence-electron chi connectivity index (χ2n) is 9.09. The minimum absolute atomic E-state index is 0.0144. The Hall–Kier alpha value is -2.80. The molecule has 1 aromatic carbocycles. The largest absolute Gasteiger partial charge is 0.493 e. The Kier molecular flexibility index (Phi) is 6.74. The van der Waals surface area contributed by atoms with Crippen molar-refractivity contribution >= 4 is 5.97 Å². The predicted octanol–water partition coefficient (Wildman–Crippen LogP) is 3.87. The number of methoxy groups -OCH3 is 1. The van der Waals surface area contributed by atoms with Crippen molar-refractivity contribution in [1.29, 1.82) is 0 Å². The molecule has 1 aliphatic rings. The first-order chi connectivity index (χ1) is 14.7. The van der Waals surface area contributed by atoms with E-state index in [2.05, 4.69) is 20.8 Å². The molecule has 0 saturated carbocycles. The highest BCUT2D eigenvalue weighted by atomic mass is 16.5. The highest BCUT2D eigenvalue weighted by Gasteiger charge is 2.34. The number of benzene rings is 1. The maximum atomic E-state index is 12.5. The lowest BCUT2D eigenvalue weighted by atomic mass is 9.78. The van der Waals surface area contributed by atoms with Crippen LogP contribution in [-0.4, -0.2) is 35.9 Å². The number of hydrogen-bond donors (Lipinski definition) is 2. The molecule has 1 aromatic heterocycles. The van der Waals surface area contributed by atoms with Crippen molar-refractivity contribution in [2.45, 2.75) is 52.5 Å². The fourth-order valence-corrected chi connectivity index (χ4v) is 4.10. The number of carboxylic acid groups (broad SMARTS) is 1. The van der Waals surface area contributed by atoms with Gasteiger partial charge in [-0.15, -0.1) is 0 Å². The highest BCUT2D eigenvalue weighted by Crippen LogP contribution is 2.45. The Morgan fingerprint density at radius 2 is 1.94 bits per heavy atom. The molecule has 0 bridgehead atoms. The van der Waals surface area contributed by atoms with Gasteiger partial charge in [0.05, 0.1) is 19.4 Å². The third-order valence-electron chi connectivity index (χ3n) is 5.83. The number of nitrogens with two attached hydrogens (primary N) is 1. The van der Waals surface area contributed by atoms with Crippen LogP contribution in [0.15, 0.2) is 29.2 Å². The van der Waals surface area contributed by atoms with Gasteiger partial charge >= 0.3 is 5.97 Å². The smallest absolute Gasteiger partial charge is 0.341 e. The number of aromatic carboxylic acids is 1. The number of pyridine rings is 1. The van der Waals surface area contributed by atoms with Crippen molar-refractivity contribution < 1.29 is 19.4 Å². The third-order valence-corrected chi connectivity index (χ3v) is 5.83. The molecule has 2 heterocycles. The lowest BCUT2D eigenvalue weighted by Crippen LogP contribution is -2.32. The molecule has 3 N–H and O–H groups in total. The fourth-order valence-electron chi connectivity index (χ4n) is 4.10. The van der Waals surface area contributed by atoms with Gasteiger partial charge in [0.15, 0.2) is 16.9 Å². The zero-order valence-electron chi connectivity index (χ0n) is 18.7. The molecular formula is C24H32N2O5. The Labute approximate surface area is 182 Å². The van der Waals surface area contributed by atoms with E-state index in [4.69, 9.17) is 15.2 Å². The van der Waals surface area contributed by atoms with Crippen LogP contribution in [0.25, 0.3) is 11.3 Å². The van der Waals surface area contributed by atoms with Gasteiger partial charge in [-0.2, -0.15) is 0 Å². The summed E-state index contributed by atoms with van der Waals surface area (Å²) >= 11 is 0. The monoisotopic (exact) mass is 428 g/mol. The van der Waals surface area contributed by atoms with Crippen LogP contribution >= 0.6 is 0 Å². The van der Waals surface area contributed by atoms with Crippen molar-refractivity contribution in [1.82, 2.24) is 4.57 Å². The topological polar surface area (TPSA) is 104 Å². The van der Waals surface area contributed by atoms with Crippen LogP contribution in [0.2, 0.25) is 0 Å². The summed E-state index contributed by atoms with van der Waals surface area (Å²) in [5.41, 5.74) is 7.30. The van der Waals surface area contributed by atoms with E-state index in [1.807, 2.05) is 16.7 Å². The molecule has 3 rings (SSSR count). The zero-order valence-corrected chi connectivity index (χ0v) is 18.7. The lowest BCUT2D eigenvalue weighted by Gasteiger charge is -2.39. The van der Waals surface area contributed by atoms with Crippen LogP contribution in [0.1, 0.15) is 62.0 Å². The van der Waals surface area contributed by atoms with Gasteiger partial charge < -0.3 is 24.9 Å². The zero-order chi connectivity index (χ0) is 22.8. The second-order valence-corrected chi connectivity index (χ2v) is 9.09. The molecule has 168 valence electrons. The Bertz CT molecular complexity index is 1020. The van der Waals surface area contributed by atoms with Gasteiger partial charge in [0.1, 0.15) is 5.56 Å². The molecule has 1 aliphatic heterocycles. The Balaban J connectivity index is 2.07. The minimum Gasteiger partial charge on any atom is -0.493 e. The van der Waals surface area contributed by atoms with Crippen LogP contribution in [-0.2, 0) is 6.42 Å². The number of carboxylic acids is 1. The van der Waals surface area contributed by atoms with E-state index >= 15 is 0 Å². The summed E-state index contributed by atoms with van der Waals surface area (Å²) in [6.07, 6.45) is 5.08. The maximum Gasteiger partial charge on any atom is 0.341 e. The normalized spacial score (nSPS) is 15.2. The third kappa shape index (κ3) is 4.77. The van der Waals surface area contributed by atoms with Crippen molar-refractivity contribution in [2.24, 2.45) is 11.1 Å². The van der Waals surface area contributed by atoms with Crippen LogP contribution in [0, 0.1) is 5.41 Å². The standard InChI is InChI=1S/C24H32N2O5/c1-24(2,3)22-11-15-10-21(31-9-7-5-6-8-25)20(30-4)12-16(15)18-13-19(27)17(23(28)29)14-26(18)22/h10,12-14,22H,5-9,11,25H2,1-4H3,(H,28,29)/t22-/m1/s1. The minimum atomic E-state index is -1.21. The molecular weight excluding hydrogens is 396 g/mol. The van der Waals surface area contributed by atoms with Crippen LogP contribution in [0.3, 0.4) is 0 Å². The Morgan fingerprint density at radius 1 is 1.19 bits per heavy atom. The molecule has 31 heavy (non-hydrogen) atoms. The van der Waals surface area contributed by atoms with E-state index in [0.717, 1.165) is 30.4 Å². The molecule has 0 saturated heterocycles. The number of unbranched alkanes of at least 4 members (excludes halogenated alkanes) is 2. The number of fused-ring (bicyclic) bond motifs is 3. The number of ether oxygens (including phenoxy) is 2. The van der Waals surface area contributed by atoms with E-state index in [9.17, 15) is 14.7 Å². The van der Waals surface area contributed by atoms with E-state index in [1.54, 1.807) is 7.11 Å². The molecule has 0 unspecified atom stereocenters. The fraction of sp³-hybridized carbons (Fsp3) is 0.500. The van der Waals surface area contributed by atoms with Crippen LogP contribution in [0.5, 0.6) is 11.5 Å². The summed E-state index contributed by atoms with van der Waals surface area (Å²) in [6, 6.07) is 5.29. The summed E-state index contributed by atoms with van der Waals surface area (Å²) in [5.74, 6) is 0.0578. The summed E-state index contributed by atoms with van der Waals surface area (Å²) in [6.45, 7) is 7.60. The van der Waals surface area contributed by atoms with Crippen LogP contribution in [0.4, 0.5) is 0 Å². The van der Waals surface area contributed by atoms with E-state index in [-0.39, 0.29) is 17.0 Å². The van der Waals surface area contributed by atoms with E-state index < -0.39 is 11.4 Å². The summed E-state index contributed by atoms with van der Waals surface area (Å²) < 4.78 is 13.5. The van der Waals surface area contributed by atoms with Gasteiger partial charge in [-0.3, -0.25) is 4.79 Å². The SMILES string of the molecule is COc1cc2c(cc1OCCCCCN)C[C@H](C(C)(C)C)n1cc(C(=O)O)c(=O)cc1-2. The Morgan fingerprint density at radius 3 is 2.55 bits per heavy atom. The van der Waals surface area contributed by atoms with Gasteiger partial charge in [0.25, 0.3) is 0 Å². The van der Waals surface area contributed by atoms with Crippen molar-refractivity contribution in [3.8, 4) is 22.8 Å². The molecule has 0 fully saturated rings. The van der Waals surface area contributed by atoms with E-state index in [1.165, 1.54) is 12.3 Å². The maximum absolute atomic E-state index is 12.5. The number of nitrogens with zero attached hydrogens (tertiary/aromatic N) is 1. The van der Waals surface area contributed by atoms with Crippen LogP contribution < -0.4 is 20.6 Å². The first-order valence-electron chi connectivity index (χ1n) is 10.7. The average Bonchev–Trinajstić information content (AvgIpc) is 2.71. The number of aromatic nitrogens is 1. The molecule has 0 amide bonds. The average molecular weight is 429 g/mol. The van der Waals surface area contributed by atoms with Crippen molar-refractivity contribution in [2.75, 3.05) is 20.3 Å². The number of hydrogen-bond acceptors (Lipinski definition) is 5. The predicted molar refractivity (Wildman–Crippen MR) is 120 cm³/mol. The van der Waals surface area contributed by atoms with Crippen molar-refractivity contribution in [3.05, 3.63) is 45.7 Å². The molecule has 0 spiro atoms. The van der Waals surface area contributed by atoms with Crippen molar-refractivity contribution in [3.63, 3.8) is 0 Å². The molecule has 0 radical (unpaired) electrons. The molecule has 7 nitrogen and oxygen atoms in total. The molecule has 0 aliphatic carbocycles. The molecule has 2 aromatic rings. The van der Waals surface area contributed by atoms with Gasteiger partial charge in [-0.1, -0.05) is 20.8 Å². The van der Waals surface area contributed by atoms with Gasteiger partial charge in [0, 0.05) is 23.9 Å². The molecule has 7 heteroatoms. The quantitative estimate of drug-likeness (QED) is 0.619. The second kappa shape index (κ2) is 9.14. The highest BCUT2D eigenvalue weighted by molar-refractivity contribution is 5.88.